The smallest absolute Gasteiger partial charge is 0.261 e. The Hall–Kier alpha value is -3.82. The molecular weight excluding hydrogens is 502 g/mol. The number of anilines is 1. The topological polar surface area (TPSA) is 95.1 Å². The van der Waals surface area contributed by atoms with Crippen LogP contribution in [0, 0.1) is 0 Å². The molecule has 3 aliphatic heterocycles. The van der Waals surface area contributed by atoms with E-state index in [4.69, 9.17) is 0 Å². The Morgan fingerprint density at radius 1 is 0.868 bits per heavy atom. The molecular formula is C29H27N3O5S. The maximum absolute atomic E-state index is 14.1. The molecule has 0 fully saturated rings. The third-order valence-corrected chi connectivity index (χ3v) is 9.66. The molecule has 3 aromatic rings. The highest BCUT2D eigenvalue weighted by Gasteiger charge is 2.42. The third kappa shape index (κ3) is 3.76. The number of nitrogens with zero attached hydrogens (tertiary/aromatic N) is 3. The van der Waals surface area contributed by atoms with Crippen molar-refractivity contribution in [1.82, 2.24) is 9.21 Å². The van der Waals surface area contributed by atoms with Crippen LogP contribution < -0.4 is 4.90 Å². The SMILES string of the molecule is CCC(=O)N1CCc2cc(S(=O)(=O)N3CCc4ccccc4[C@H]3CN3C(=O)c4ccccc4C3=O)ccc21. The highest BCUT2D eigenvalue weighted by Crippen LogP contribution is 2.38. The van der Waals surface area contributed by atoms with Crippen molar-refractivity contribution in [3.63, 3.8) is 0 Å². The number of benzene rings is 3. The second kappa shape index (κ2) is 9.18. The first-order chi connectivity index (χ1) is 18.3. The zero-order chi connectivity index (χ0) is 26.6. The molecule has 0 aliphatic carbocycles. The predicted octanol–water partition coefficient (Wildman–Crippen LogP) is 3.57. The van der Waals surface area contributed by atoms with Crippen LogP contribution in [0.5, 0.6) is 0 Å². The lowest BCUT2D eigenvalue weighted by Gasteiger charge is -2.38. The first-order valence-corrected chi connectivity index (χ1v) is 14.2. The molecule has 0 aromatic heterocycles. The summed E-state index contributed by atoms with van der Waals surface area (Å²) in [6.45, 7) is 2.49. The summed E-state index contributed by atoms with van der Waals surface area (Å²) in [5.74, 6) is -0.818. The monoisotopic (exact) mass is 529 g/mol. The Kier molecular flexibility index (Phi) is 5.92. The molecule has 0 spiro atoms. The second-order valence-electron chi connectivity index (χ2n) is 9.79. The van der Waals surface area contributed by atoms with Crippen LogP contribution in [0.3, 0.4) is 0 Å². The van der Waals surface area contributed by atoms with E-state index >= 15 is 0 Å². The molecule has 0 saturated heterocycles. The zero-order valence-electron chi connectivity index (χ0n) is 21.0. The number of hydrogen-bond acceptors (Lipinski definition) is 5. The number of rotatable bonds is 5. The standard InChI is InChI=1S/C29H27N3O5S/c1-2-27(33)30-15-13-20-17-21(11-12-25(20)30)38(36,37)32-16-14-19-7-3-4-8-22(19)26(32)18-31-28(34)23-9-5-6-10-24(23)29(31)35/h3-12,17,26H,2,13-16,18H2,1H3/t26-/m1/s1. The summed E-state index contributed by atoms with van der Waals surface area (Å²) in [6, 6.07) is 18.4. The number of hydrogen-bond donors (Lipinski definition) is 0. The molecule has 6 rings (SSSR count). The maximum Gasteiger partial charge on any atom is 0.261 e. The Balaban J connectivity index is 1.37. The Morgan fingerprint density at radius 3 is 2.24 bits per heavy atom. The minimum absolute atomic E-state index is 0.00741. The maximum atomic E-state index is 14.1. The molecule has 3 amide bonds. The van der Waals surface area contributed by atoms with Gasteiger partial charge in [-0.05, 0) is 59.9 Å². The predicted molar refractivity (Wildman–Crippen MR) is 141 cm³/mol. The molecule has 3 aromatic carbocycles. The van der Waals surface area contributed by atoms with Gasteiger partial charge in [-0.25, -0.2) is 8.42 Å². The molecule has 0 bridgehead atoms. The van der Waals surface area contributed by atoms with Gasteiger partial charge in [0.1, 0.15) is 0 Å². The average Bonchev–Trinajstić information content (AvgIpc) is 3.47. The fourth-order valence-electron chi connectivity index (χ4n) is 5.81. The molecule has 3 aliphatic rings. The third-order valence-electron chi connectivity index (χ3n) is 7.75. The minimum atomic E-state index is -3.98. The number of carbonyl (C=O) groups excluding carboxylic acids is 3. The van der Waals surface area contributed by atoms with Crippen LogP contribution in [0.2, 0.25) is 0 Å². The number of imide groups is 1. The van der Waals surface area contributed by atoms with E-state index in [0.29, 0.717) is 36.9 Å². The zero-order valence-corrected chi connectivity index (χ0v) is 21.8. The van der Waals surface area contributed by atoms with Crippen LogP contribution in [0.25, 0.3) is 0 Å². The normalized spacial score (nSPS) is 18.9. The van der Waals surface area contributed by atoms with E-state index in [1.165, 1.54) is 4.31 Å². The summed E-state index contributed by atoms with van der Waals surface area (Å²) >= 11 is 0. The Morgan fingerprint density at radius 2 is 1.53 bits per heavy atom. The quantitative estimate of drug-likeness (QED) is 0.471. The van der Waals surface area contributed by atoms with Gasteiger partial charge in [-0.2, -0.15) is 4.31 Å². The van der Waals surface area contributed by atoms with E-state index in [0.717, 1.165) is 27.3 Å². The summed E-state index contributed by atoms with van der Waals surface area (Å²) in [6.07, 6.45) is 1.50. The van der Waals surface area contributed by atoms with E-state index in [2.05, 4.69) is 0 Å². The second-order valence-corrected chi connectivity index (χ2v) is 11.7. The highest BCUT2D eigenvalue weighted by molar-refractivity contribution is 7.89. The van der Waals surface area contributed by atoms with Crippen LogP contribution >= 0.6 is 0 Å². The molecule has 8 nitrogen and oxygen atoms in total. The van der Waals surface area contributed by atoms with Crippen molar-refractivity contribution in [2.24, 2.45) is 0 Å². The van der Waals surface area contributed by atoms with Gasteiger partial charge < -0.3 is 4.90 Å². The lowest BCUT2D eigenvalue weighted by atomic mass is 9.94. The molecule has 0 N–H and O–H groups in total. The molecule has 1 atom stereocenters. The summed E-state index contributed by atoms with van der Waals surface area (Å²) in [5.41, 5.74) is 4.04. The van der Waals surface area contributed by atoms with Crippen molar-refractivity contribution in [1.29, 1.82) is 0 Å². The molecule has 0 radical (unpaired) electrons. The van der Waals surface area contributed by atoms with Gasteiger partial charge in [-0.1, -0.05) is 43.3 Å². The van der Waals surface area contributed by atoms with Crippen molar-refractivity contribution >= 4 is 33.4 Å². The molecule has 0 unspecified atom stereocenters. The molecule has 9 heteroatoms. The largest absolute Gasteiger partial charge is 0.312 e. The summed E-state index contributed by atoms with van der Waals surface area (Å²) < 4.78 is 29.6. The number of sulfonamides is 1. The van der Waals surface area contributed by atoms with Crippen molar-refractivity contribution in [2.75, 3.05) is 24.5 Å². The summed E-state index contributed by atoms with van der Waals surface area (Å²) in [4.78, 5) is 41.6. The van der Waals surface area contributed by atoms with E-state index in [1.54, 1.807) is 47.4 Å². The molecule has 38 heavy (non-hydrogen) atoms. The average molecular weight is 530 g/mol. The lowest BCUT2D eigenvalue weighted by Crippen LogP contribution is -2.46. The van der Waals surface area contributed by atoms with Crippen molar-refractivity contribution in [2.45, 2.75) is 37.1 Å². The first-order valence-electron chi connectivity index (χ1n) is 12.8. The van der Waals surface area contributed by atoms with Crippen LogP contribution in [-0.2, 0) is 27.7 Å². The molecule has 0 saturated carbocycles. The van der Waals surface area contributed by atoms with Crippen molar-refractivity contribution < 1.29 is 22.8 Å². The van der Waals surface area contributed by atoms with Gasteiger partial charge >= 0.3 is 0 Å². The van der Waals surface area contributed by atoms with Crippen LogP contribution in [0.15, 0.2) is 71.6 Å². The van der Waals surface area contributed by atoms with Gasteiger partial charge in [0.2, 0.25) is 15.9 Å². The fourth-order valence-corrected chi connectivity index (χ4v) is 7.46. The van der Waals surface area contributed by atoms with Gasteiger partial charge in [0, 0.05) is 25.2 Å². The molecule has 194 valence electrons. The van der Waals surface area contributed by atoms with Crippen LogP contribution in [-0.4, -0.2) is 55.0 Å². The van der Waals surface area contributed by atoms with Gasteiger partial charge in [-0.15, -0.1) is 0 Å². The first kappa shape index (κ1) is 24.5. The van der Waals surface area contributed by atoms with Crippen molar-refractivity contribution in [3.05, 3.63) is 94.5 Å². The van der Waals surface area contributed by atoms with Gasteiger partial charge in [-0.3, -0.25) is 19.3 Å². The van der Waals surface area contributed by atoms with Gasteiger partial charge in [0.25, 0.3) is 11.8 Å². The fraction of sp³-hybridized carbons (Fsp3) is 0.276. The van der Waals surface area contributed by atoms with E-state index in [-0.39, 0.29) is 23.9 Å². The number of amides is 3. The van der Waals surface area contributed by atoms with Crippen LogP contribution in [0.1, 0.15) is 56.8 Å². The summed E-state index contributed by atoms with van der Waals surface area (Å²) in [5, 5.41) is 0. The van der Waals surface area contributed by atoms with Crippen molar-refractivity contribution in [3.8, 4) is 0 Å². The molecule has 3 heterocycles. The van der Waals surface area contributed by atoms with E-state index in [9.17, 15) is 22.8 Å². The van der Waals surface area contributed by atoms with Gasteiger partial charge in [0.15, 0.2) is 0 Å². The lowest BCUT2D eigenvalue weighted by molar-refractivity contribution is -0.118. The van der Waals surface area contributed by atoms with E-state index in [1.807, 2.05) is 31.2 Å². The number of carbonyl (C=O) groups is 3. The minimum Gasteiger partial charge on any atom is -0.312 e. The highest BCUT2D eigenvalue weighted by atomic mass is 32.2. The number of fused-ring (bicyclic) bond motifs is 3. The van der Waals surface area contributed by atoms with Crippen LogP contribution in [0.4, 0.5) is 5.69 Å². The summed E-state index contributed by atoms with van der Waals surface area (Å²) in [7, 11) is -3.98. The van der Waals surface area contributed by atoms with Gasteiger partial charge in [0.05, 0.1) is 28.6 Å². The van der Waals surface area contributed by atoms with E-state index < -0.39 is 27.9 Å². The Labute approximate surface area is 221 Å². The Bertz CT molecular complexity index is 1560.